The fraction of sp³-hybridized carbons (Fsp3) is 0.318. The lowest BCUT2D eigenvalue weighted by atomic mass is 10.1. The Balaban J connectivity index is 1.35. The van der Waals surface area contributed by atoms with E-state index in [-0.39, 0.29) is 18.6 Å². The van der Waals surface area contributed by atoms with Crippen molar-refractivity contribution in [2.45, 2.75) is 20.3 Å². The molecule has 9 nitrogen and oxygen atoms in total. The van der Waals surface area contributed by atoms with Gasteiger partial charge in [-0.05, 0) is 56.2 Å². The number of nitrogens with zero attached hydrogens (tertiary/aromatic N) is 2. The van der Waals surface area contributed by atoms with Crippen molar-refractivity contribution in [3.05, 3.63) is 47.9 Å². The second-order valence-corrected chi connectivity index (χ2v) is 6.63. The van der Waals surface area contributed by atoms with Gasteiger partial charge in [0.1, 0.15) is 0 Å². The van der Waals surface area contributed by atoms with Crippen molar-refractivity contribution in [2.75, 3.05) is 26.6 Å². The second-order valence-electron chi connectivity index (χ2n) is 6.63. The highest BCUT2D eigenvalue weighted by molar-refractivity contribution is 5.89. The van der Waals surface area contributed by atoms with E-state index in [1.807, 2.05) is 32.0 Å². The van der Waals surface area contributed by atoms with Crippen molar-refractivity contribution in [3.8, 4) is 34.5 Å². The van der Waals surface area contributed by atoms with Crippen molar-refractivity contribution < 1.29 is 28.2 Å². The average Bonchev–Trinajstić information content (AvgIpc) is 3.45. The van der Waals surface area contributed by atoms with Crippen LogP contribution in [0.4, 0.5) is 0 Å². The lowest BCUT2D eigenvalue weighted by Crippen LogP contribution is -2.26. The molecule has 1 amide bonds. The highest BCUT2D eigenvalue weighted by Crippen LogP contribution is 2.35. The zero-order valence-electron chi connectivity index (χ0n) is 17.3. The number of rotatable bonds is 9. The number of hydrogen-bond acceptors (Lipinski definition) is 8. The molecule has 2 heterocycles. The normalized spacial score (nSPS) is 11.9. The summed E-state index contributed by atoms with van der Waals surface area (Å²) in [5, 5.41) is 10.6. The van der Waals surface area contributed by atoms with Gasteiger partial charge >= 0.3 is 11.8 Å². The number of aromatic nitrogens is 2. The Labute approximate surface area is 179 Å². The minimum absolute atomic E-state index is 0.102. The largest absolute Gasteiger partial charge is 0.490 e. The standard InChI is InChI=1S/C22H23N3O6/c1-3-27-16-7-5-14(11-18(16)28-4-2)9-10-23-20(26)22-25-24-21(31-22)15-6-8-17-19(12-15)30-13-29-17/h5-8,11-12H,3-4,9-10,13H2,1-2H3,(H,23,26). The van der Waals surface area contributed by atoms with Crippen LogP contribution < -0.4 is 24.3 Å². The fourth-order valence-electron chi connectivity index (χ4n) is 3.11. The molecule has 31 heavy (non-hydrogen) atoms. The molecule has 4 rings (SSSR count). The lowest BCUT2D eigenvalue weighted by Gasteiger charge is -2.12. The topological polar surface area (TPSA) is 105 Å². The maximum absolute atomic E-state index is 12.4. The summed E-state index contributed by atoms with van der Waals surface area (Å²) in [6.07, 6.45) is 0.612. The molecule has 0 fully saturated rings. The highest BCUT2D eigenvalue weighted by atomic mass is 16.7. The van der Waals surface area contributed by atoms with Crippen LogP contribution in [0.2, 0.25) is 0 Å². The molecule has 9 heteroatoms. The van der Waals surface area contributed by atoms with Gasteiger partial charge in [-0.3, -0.25) is 4.79 Å². The van der Waals surface area contributed by atoms with Crippen LogP contribution in [0.5, 0.6) is 23.0 Å². The smallest absolute Gasteiger partial charge is 0.308 e. The number of ether oxygens (including phenoxy) is 4. The summed E-state index contributed by atoms with van der Waals surface area (Å²) >= 11 is 0. The van der Waals surface area contributed by atoms with Crippen molar-refractivity contribution in [1.29, 1.82) is 0 Å². The Kier molecular flexibility index (Phi) is 6.21. The Morgan fingerprint density at radius 1 is 1.00 bits per heavy atom. The Morgan fingerprint density at radius 2 is 1.81 bits per heavy atom. The second kappa shape index (κ2) is 9.38. The highest BCUT2D eigenvalue weighted by Gasteiger charge is 2.19. The van der Waals surface area contributed by atoms with Gasteiger partial charge in [0.2, 0.25) is 12.7 Å². The predicted molar refractivity (Wildman–Crippen MR) is 111 cm³/mol. The van der Waals surface area contributed by atoms with E-state index in [1.165, 1.54) is 0 Å². The molecule has 2 aromatic carbocycles. The molecule has 1 aliphatic rings. The van der Waals surface area contributed by atoms with Gasteiger partial charge in [-0.25, -0.2) is 0 Å². The molecular weight excluding hydrogens is 402 g/mol. The van der Waals surface area contributed by atoms with Crippen LogP contribution >= 0.6 is 0 Å². The van der Waals surface area contributed by atoms with E-state index in [0.29, 0.717) is 54.7 Å². The lowest BCUT2D eigenvalue weighted by molar-refractivity contribution is 0.0920. The molecule has 1 aliphatic heterocycles. The van der Waals surface area contributed by atoms with Gasteiger partial charge in [0.25, 0.3) is 0 Å². The van der Waals surface area contributed by atoms with Crippen LogP contribution in [0, 0.1) is 0 Å². The molecule has 1 aromatic heterocycles. The van der Waals surface area contributed by atoms with Gasteiger partial charge in [-0.1, -0.05) is 6.07 Å². The van der Waals surface area contributed by atoms with Crippen LogP contribution in [0.3, 0.4) is 0 Å². The van der Waals surface area contributed by atoms with Gasteiger partial charge in [-0.2, -0.15) is 0 Å². The summed E-state index contributed by atoms with van der Waals surface area (Å²) < 4.78 is 27.4. The number of carbonyl (C=O) groups excluding carboxylic acids is 1. The first kappa shape index (κ1) is 20.5. The van der Waals surface area contributed by atoms with E-state index in [4.69, 9.17) is 23.4 Å². The SMILES string of the molecule is CCOc1ccc(CCNC(=O)c2nnc(-c3ccc4c(c3)OCO4)o2)cc1OCC. The van der Waals surface area contributed by atoms with Crippen LogP contribution in [-0.2, 0) is 6.42 Å². The summed E-state index contributed by atoms with van der Waals surface area (Å²) in [6, 6.07) is 11.0. The Morgan fingerprint density at radius 3 is 2.65 bits per heavy atom. The first-order valence-corrected chi connectivity index (χ1v) is 10.1. The number of benzene rings is 2. The molecule has 3 aromatic rings. The van der Waals surface area contributed by atoms with Gasteiger partial charge in [0.15, 0.2) is 23.0 Å². The summed E-state index contributed by atoms with van der Waals surface area (Å²) in [5.74, 6) is 2.35. The van der Waals surface area contributed by atoms with Crippen LogP contribution in [-0.4, -0.2) is 42.7 Å². The summed E-state index contributed by atoms with van der Waals surface area (Å²) in [5.41, 5.74) is 1.66. The van der Waals surface area contributed by atoms with E-state index in [1.54, 1.807) is 18.2 Å². The van der Waals surface area contributed by atoms with Gasteiger partial charge in [-0.15, -0.1) is 10.2 Å². The van der Waals surface area contributed by atoms with E-state index >= 15 is 0 Å². The molecule has 0 unspecified atom stereocenters. The van der Waals surface area contributed by atoms with Gasteiger partial charge < -0.3 is 28.7 Å². The molecule has 1 N–H and O–H groups in total. The average molecular weight is 425 g/mol. The number of nitrogens with one attached hydrogen (secondary N) is 1. The zero-order valence-corrected chi connectivity index (χ0v) is 17.3. The minimum Gasteiger partial charge on any atom is -0.490 e. The maximum Gasteiger partial charge on any atom is 0.308 e. The van der Waals surface area contributed by atoms with Crippen molar-refractivity contribution >= 4 is 5.91 Å². The molecule has 0 saturated carbocycles. The molecule has 0 bridgehead atoms. The minimum atomic E-state index is -0.435. The first-order chi connectivity index (χ1) is 15.2. The molecule has 0 saturated heterocycles. The van der Waals surface area contributed by atoms with E-state index in [9.17, 15) is 4.79 Å². The first-order valence-electron chi connectivity index (χ1n) is 10.1. The maximum atomic E-state index is 12.4. The summed E-state index contributed by atoms with van der Waals surface area (Å²) in [7, 11) is 0. The third-order valence-corrected chi connectivity index (χ3v) is 4.55. The van der Waals surface area contributed by atoms with Crippen LogP contribution in [0.1, 0.15) is 30.1 Å². The zero-order chi connectivity index (χ0) is 21.6. The summed E-state index contributed by atoms with van der Waals surface area (Å²) in [6.45, 7) is 5.54. The third kappa shape index (κ3) is 4.71. The molecule has 0 atom stereocenters. The third-order valence-electron chi connectivity index (χ3n) is 4.55. The van der Waals surface area contributed by atoms with E-state index < -0.39 is 5.91 Å². The summed E-state index contributed by atoms with van der Waals surface area (Å²) in [4.78, 5) is 12.4. The van der Waals surface area contributed by atoms with Crippen molar-refractivity contribution in [3.63, 3.8) is 0 Å². The van der Waals surface area contributed by atoms with Crippen molar-refractivity contribution in [2.24, 2.45) is 0 Å². The number of amides is 1. The number of carbonyl (C=O) groups is 1. The Hall–Kier alpha value is -3.75. The van der Waals surface area contributed by atoms with Gasteiger partial charge in [0, 0.05) is 12.1 Å². The van der Waals surface area contributed by atoms with E-state index in [0.717, 1.165) is 5.56 Å². The predicted octanol–water partition coefficient (Wildman–Crippen LogP) is 3.24. The van der Waals surface area contributed by atoms with E-state index in [2.05, 4.69) is 15.5 Å². The quantitative estimate of drug-likeness (QED) is 0.557. The monoisotopic (exact) mass is 425 g/mol. The molecule has 0 spiro atoms. The molecule has 0 aliphatic carbocycles. The molecular formula is C22H23N3O6. The fourth-order valence-corrected chi connectivity index (χ4v) is 3.11. The molecule has 162 valence electrons. The van der Waals surface area contributed by atoms with Crippen LogP contribution in [0.25, 0.3) is 11.5 Å². The Bertz CT molecular complexity index is 1070. The van der Waals surface area contributed by atoms with Gasteiger partial charge in [0.05, 0.1) is 13.2 Å². The van der Waals surface area contributed by atoms with Crippen molar-refractivity contribution in [1.82, 2.24) is 15.5 Å². The number of fused-ring (bicyclic) bond motifs is 1. The van der Waals surface area contributed by atoms with Crippen LogP contribution in [0.15, 0.2) is 40.8 Å². The number of hydrogen-bond donors (Lipinski definition) is 1. The molecule has 0 radical (unpaired) electrons.